The van der Waals surface area contributed by atoms with Crippen LogP contribution in [-0.2, 0) is 9.59 Å². The van der Waals surface area contributed by atoms with Crippen LogP contribution in [0.3, 0.4) is 0 Å². The van der Waals surface area contributed by atoms with E-state index in [2.05, 4.69) is 0 Å². The molecule has 0 bridgehead atoms. The van der Waals surface area contributed by atoms with Gasteiger partial charge in [-0.15, -0.1) is 0 Å². The summed E-state index contributed by atoms with van der Waals surface area (Å²) in [6, 6.07) is 0. The summed E-state index contributed by atoms with van der Waals surface area (Å²) in [5, 5.41) is 16.5. The summed E-state index contributed by atoms with van der Waals surface area (Å²) in [6.07, 6.45) is 0. The Bertz CT molecular complexity index is 136. The smallest absolute Gasteiger partial charge is 0.320 e. The summed E-state index contributed by atoms with van der Waals surface area (Å²) in [7, 11) is 0. The van der Waals surface area contributed by atoms with Gasteiger partial charge in [-0.3, -0.25) is 9.59 Å². The lowest BCUT2D eigenvalue weighted by Gasteiger charge is -2.10. The van der Waals surface area contributed by atoms with Crippen LogP contribution < -0.4 is 0 Å². The van der Waals surface area contributed by atoms with Crippen LogP contribution >= 0.6 is 0 Å². The third-order valence-corrected chi connectivity index (χ3v) is 1.07. The van der Waals surface area contributed by atoms with Gasteiger partial charge < -0.3 is 10.2 Å². The van der Waals surface area contributed by atoms with Crippen molar-refractivity contribution in [2.24, 2.45) is 5.41 Å². The van der Waals surface area contributed by atoms with Gasteiger partial charge in [0, 0.05) is 0 Å². The van der Waals surface area contributed by atoms with E-state index in [4.69, 9.17) is 10.2 Å². The van der Waals surface area contributed by atoms with Gasteiger partial charge in [0.05, 0.1) is 0 Å². The zero-order valence-electron chi connectivity index (χ0n) is 5.21. The van der Waals surface area contributed by atoms with E-state index < -0.39 is 17.4 Å². The Balaban J connectivity index is 0. The van der Waals surface area contributed by atoms with Gasteiger partial charge in [0.25, 0.3) is 0 Å². The number of aliphatic carboxylic acids is 2. The predicted molar refractivity (Wildman–Crippen MR) is 37.6 cm³/mol. The second-order valence-corrected chi connectivity index (χ2v) is 2.24. The molecule has 0 amide bonds. The van der Waals surface area contributed by atoms with Gasteiger partial charge in [-0.2, -0.15) is 0 Å². The average Bonchev–Trinajstić information content (AvgIpc) is 1.65. The molecule has 4 nitrogen and oxygen atoms in total. The van der Waals surface area contributed by atoms with E-state index in [0.717, 1.165) is 13.8 Å². The first kappa shape index (κ1) is 12.4. The molecule has 10 heavy (non-hydrogen) atoms. The summed E-state index contributed by atoms with van der Waals surface area (Å²) in [6.45, 7) is 2.27. The predicted octanol–water partition coefficient (Wildman–Crippen LogP) is -0.734. The van der Waals surface area contributed by atoms with Crippen LogP contribution in [0.25, 0.3) is 0 Å². The molecule has 5 heteroatoms. The fourth-order valence-corrected chi connectivity index (χ4v) is 0.0915. The van der Waals surface area contributed by atoms with Crippen molar-refractivity contribution in [1.29, 1.82) is 0 Å². The summed E-state index contributed by atoms with van der Waals surface area (Å²) in [5.41, 5.74) is -1.67. The number of carbonyl (C=O) groups is 2. The van der Waals surface area contributed by atoms with Crippen LogP contribution in [0.15, 0.2) is 0 Å². The minimum atomic E-state index is -1.67. The SMILES string of the molecule is CC(C)(C(=O)O)C(=O)O.[MgH2]. The summed E-state index contributed by atoms with van der Waals surface area (Å²) >= 11 is 0. The molecule has 0 aromatic heterocycles. The van der Waals surface area contributed by atoms with Crippen molar-refractivity contribution in [1.82, 2.24) is 0 Å². The lowest BCUT2D eigenvalue weighted by Crippen LogP contribution is -2.32. The standard InChI is InChI=1S/C5H8O4.Mg.2H/c1-5(2,3(6)7)4(8)9;;;/h1-2H3,(H,6,7)(H,8,9);;;. The van der Waals surface area contributed by atoms with Crippen molar-refractivity contribution in [2.45, 2.75) is 13.8 Å². The van der Waals surface area contributed by atoms with E-state index in [-0.39, 0.29) is 23.1 Å². The Kier molecular flexibility index (Phi) is 4.67. The van der Waals surface area contributed by atoms with Crippen LogP contribution in [0.5, 0.6) is 0 Å². The Hall–Kier alpha value is -0.294. The Morgan fingerprint density at radius 1 is 1.10 bits per heavy atom. The van der Waals surface area contributed by atoms with Gasteiger partial charge in [0.1, 0.15) is 0 Å². The number of hydrogen-bond acceptors (Lipinski definition) is 2. The minimum Gasteiger partial charge on any atom is -0.480 e. The molecule has 0 aliphatic heterocycles. The first-order chi connectivity index (χ1) is 3.89. The normalized spacial score (nSPS) is 9.80. The molecule has 0 heterocycles. The van der Waals surface area contributed by atoms with Crippen molar-refractivity contribution >= 4 is 35.0 Å². The monoisotopic (exact) mass is 158 g/mol. The van der Waals surface area contributed by atoms with Gasteiger partial charge >= 0.3 is 35.0 Å². The Morgan fingerprint density at radius 2 is 1.30 bits per heavy atom. The highest BCUT2D eigenvalue weighted by Crippen LogP contribution is 2.13. The van der Waals surface area contributed by atoms with Gasteiger partial charge in [-0.05, 0) is 13.8 Å². The second kappa shape index (κ2) is 3.77. The quantitative estimate of drug-likeness (QED) is 0.410. The molecule has 0 aromatic carbocycles. The van der Waals surface area contributed by atoms with Gasteiger partial charge in [-0.1, -0.05) is 0 Å². The zero-order chi connectivity index (χ0) is 7.65. The number of hydrogen-bond donors (Lipinski definition) is 2. The molecule has 0 fully saturated rings. The van der Waals surface area contributed by atoms with E-state index in [1.165, 1.54) is 0 Å². The largest absolute Gasteiger partial charge is 0.480 e. The molecule has 56 valence electrons. The van der Waals surface area contributed by atoms with Crippen molar-refractivity contribution < 1.29 is 19.8 Å². The summed E-state index contributed by atoms with van der Waals surface area (Å²) < 4.78 is 0. The topological polar surface area (TPSA) is 74.6 Å². The van der Waals surface area contributed by atoms with E-state index in [1.807, 2.05) is 0 Å². The molecule has 0 aromatic rings. The molecule has 0 atom stereocenters. The van der Waals surface area contributed by atoms with Crippen LogP contribution in [0.1, 0.15) is 13.8 Å². The molecule has 0 spiro atoms. The maximum Gasteiger partial charge on any atom is 0.320 e. The van der Waals surface area contributed by atoms with E-state index in [0.29, 0.717) is 0 Å². The van der Waals surface area contributed by atoms with Crippen molar-refractivity contribution in [2.75, 3.05) is 0 Å². The van der Waals surface area contributed by atoms with Crippen molar-refractivity contribution in [3.8, 4) is 0 Å². The van der Waals surface area contributed by atoms with Crippen LogP contribution in [0, 0.1) is 5.41 Å². The molecular formula is C5H10MgO4. The Morgan fingerprint density at radius 3 is 1.30 bits per heavy atom. The molecule has 0 aliphatic rings. The molecular weight excluding hydrogens is 148 g/mol. The molecule has 0 radical (unpaired) electrons. The molecule has 0 aliphatic carbocycles. The molecule has 0 saturated carbocycles. The zero-order valence-corrected chi connectivity index (χ0v) is 5.21. The first-order valence-corrected chi connectivity index (χ1v) is 2.36. The fourth-order valence-electron chi connectivity index (χ4n) is 0.0915. The van der Waals surface area contributed by atoms with E-state index in [9.17, 15) is 9.59 Å². The maximum atomic E-state index is 10.1. The number of carboxylic acid groups (broad SMARTS) is 2. The first-order valence-electron chi connectivity index (χ1n) is 2.36. The maximum absolute atomic E-state index is 10.1. The van der Waals surface area contributed by atoms with E-state index in [1.54, 1.807) is 0 Å². The number of carboxylic acids is 2. The highest BCUT2D eigenvalue weighted by atomic mass is 24.3. The van der Waals surface area contributed by atoms with Crippen LogP contribution in [-0.4, -0.2) is 45.2 Å². The van der Waals surface area contributed by atoms with E-state index >= 15 is 0 Å². The molecule has 0 saturated heterocycles. The highest BCUT2D eigenvalue weighted by molar-refractivity contribution is 5.97. The lowest BCUT2D eigenvalue weighted by atomic mass is 9.95. The highest BCUT2D eigenvalue weighted by Gasteiger charge is 2.35. The second-order valence-electron chi connectivity index (χ2n) is 2.24. The van der Waals surface area contributed by atoms with Crippen LogP contribution in [0.4, 0.5) is 0 Å². The fraction of sp³-hybridized carbons (Fsp3) is 0.600. The molecule has 2 N–H and O–H groups in total. The molecule has 0 rings (SSSR count). The Labute approximate surface area is 74.4 Å². The average molecular weight is 158 g/mol. The van der Waals surface area contributed by atoms with Gasteiger partial charge in [0.15, 0.2) is 5.41 Å². The van der Waals surface area contributed by atoms with Gasteiger partial charge in [0.2, 0.25) is 0 Å². The van der Waals surface area contributed by atoms with Crippen LogP contribution in [0.2, 0.25) is 0 Å². The summed E-state index contributed by atoms with van der Waals surface area (Å²) in [5.74, 6) is -2.65. The van der Waals surface area contributed by atoms with Gasteiger partial charge in [-0.25, -0.2) is 0 Å². The van der Waals surface area contributed by atoms with Crippen molar-refractivity contribution in [3.63, 3.8) is 0 Å². The minimum absolute atomic E-state index is 0. The number of rotatable bonds is 2. The van der Waals surface area contributed by atoms with Crippen molar-refractivity contribution in [3.05, 3.63) is 0 Å². The third-order valence-electron chi connectivity index (χ3n) is 1.07. The third kappa shape index (κ3) is 2.53. The lowest BCUT2D eigenvalue weighted by molar-refractivity contribution is -0.161. The molecule has 0 unspecified atom stereocenters. The summed E-state index contributed by atoms with van der Waals surface area (Å²) in [4.78, 5) is 20.2.